The molecule has 3 aliphatic rings. The molecule has 0 amide bonds. The van der Waals surface area contributed by atoms with Crippen LogP contribution in [-0.2, 0) is 43.9 Å². The van der Waals surface area contributed by atoms with Gasteiger partial charge in [-0.3, -0.25) is 28.0 Å². The molecule has 2 aliphatic heterocycles. The van der Waals surface area contributed by atoms with Crippen LogP contribution in [0.2, 0.25) is 0 Å². The number of aryl methyl sites for hydroxylation is 1. The zero-order valence-electron chi connectivity index (χ0n) is 33.1. The Hall–Kier alpha value is -3.81. The lowest BCUT2D eigenvalue weighted by Gasteiger charge is -2.33. The number of unbranched alkanes of at least 4 members (excludes halogenated alkanes) is 1. The summed E-state index contributed by atoms with van der Waals surface area (Å²) < 4.78 is 54.2. The number of nitrogen functional groups attached to an aromatic ring is 2. The molecule has 3 fully saturated rings. The second kappa shape index (κ2) is 18.9. The lowest BCUT2D eigenvalue weighted by Crippen LogP contribution is -2.34. The molecule has 1 saturated carbocycles. The number of aromatic nitrogens is 8. The Balaban J connectivity index is 1.07. The molecule has 7 rings (SSSR count). The highest BCUT2D eigenvalue weighted by molar-refractivity contribution is 8.06. The van der Waals surface area contributed by atoms with Crippen molar-refractivity contribution in [2.24, 2.45) is 5.92 Å². The Bertz CT molecular complexity index is 2470. The minimum atomic E-state index is -4.42. The summed E-state index contributed by atoms with van der Waals surface area (Å²) in [6, 6.07) is 1.15. The molecule has 2 unspecified atom stereocenters. The average Bonchev–Trinajstić information content (AvgIpc) is 4.00. The molecule has 6 heterocycles. The van der Waals surface area contributed by atoms with E-state index in [9.17, 15) is 34.1 Å². The number of anilines is 2. The lowest BCUT2D eigenvalue weighted by molar-refractivity contribution is -0.215. The Morgan fingerprint density at radius 2 is 1.75 bits per heavy atom. The summed E-state index contributed by atoms with van der Waals surface area (Å²) in [6.45, 7) is -2.07. The van der Waals surface area contributed by atoms with Gasteiger partial charge in [0.05, 0.1) is 38.4 Å². The minimum Gasteiger partial charge on any atom is -0.780 e. The smallest absolute Gasteiger partial charge is 0.405 e. The number of H-pyrrole nitrogens is 1. The predicted molar refractivity (Wildman–Crippen MR) is 217 cm³/mol. The highest BCUT2D eigenvalue weighted by atomic mass is 32.5. The van der Waals surface area contributed by atoms with Gasteiger partial charge in [-0.15, -0.1) is 0 Å². The average molecular weight is 913 g/mol. The molecule has 4 aromatic rings. The fourth-order valence-electron chi connectivity index (χ4n) is 7.58. The van der Waals surface area contributed by atoms with Crippen molar-refractivity contribution < 1.29 is 47.2 Å². The first-order valence-corrected chi connectivity index (χ1v) is 23.7. The van der Waals surface area contributed by atoms with Crippen LogP contribution in [0.15, 0.2) is 45.5 Å². The van der Waals surface area contributed by atoms with E-state index >= 15 is 0 Å². The molecule has 0 aromatic carbocycles. The van der Waals surface area contributed by atoms with E-state index in [-0.39, 0.29) is 49.2 Å². The van der Waals surface area contributed by atoms with Crippen LogP contribution in [0.5, 0.6) is 0 Å². The van der Waals surface area contributed by atoms with E-state index in [4.69, 9.17) is 50.8 Å². The van der Waals surface area contributed by atoms with Gasteiger partial charge in [0.25, 0.3) is 5.56 Å². The Morgan fingerprint density at radius 1 is 1.02 bits per heavy atom. The highest BCUT2D eigenvalue weighted by Gasteiger charge is 2.45. The second-order valence-corrected chi connectivity index (χ2v) is 19.5. The van der Waals surface area contributed by atoms with Crippen LogP contribution in [0, 0.1) is 12.8 Å². The zero-order chi connectivity index (χ0) is 43.6. The van der Waals surface area contributed by atoms with Gasteiger partial charge in [0.15, 0.2) is 11.5 Å². The third-order valence-corrected chi connectivity index (χ3v) is 14.0. The van der Waals surface area contributed by atoms with Gasteiger partial charge in [-0.2, -0.15) is 4.98 Å². The molecule has 2 saturated heterocycles. The number of aliphatic hydroxyl groups is 2. The summed E-state index contributed by atoms with van der Waals surface area (Å²) in [7, 11) is -4.24. The van der Waals surface area contributed by atoms with Crippen molar-refractivity contribution in [3.8, 4) is 0 Å². The molecule has 0 bridgehead atoms. The van der Waals surface area contributed by atoms with Crippen molar-refractivity contribution >= 4 is 49.1 Å². The van der Waals surface area contributed by atoms with Crippen LogP contribution in [0.3, 0.4) is 0 Å². The molecule has 27 heteroatoms. The number of aromatic amines is 1. The Kier molecular flexibility index (Phi) is 14.0. The van der Waals surface area contributed by atoms with Crippen LogP contribution < -0.4 is 38.4 Å². The first-order valence-electron chi connectivity index (χ1n) is 19.6. The zero-order valence-corrected chi connectivity index (χ0v) is 35.7. The molecule has 11 atom stereocenters. The summed E-state index contributed by atoms with van der Waals surface area (Å²) in [4.78, 5) is 69.8. The molecule has 1 aliphatic carbocycles. The molecule has 0 radical (unpaired) electrons. The summed E-state index contributed by atoms with van der Waals surface area (Å²) >= 11 is 5.24. The first-order chi connectivity index (χ1) is 29.1. The number of fused-ring (bicyclic) bond motifs is 1. The number of nitrogens with zero attached hydrogens (tertiary/aromatic N) is 7. The fraction of sp³-hybridized carbons (Fsp3) is 0.618. The molecule has 0 spiro atoms. The van der Waals surface area contributed by atoms with Gasteiger partial charge >= 0.3 is 19.1 Å². The number of imidazole rings is 1. The van der Waals surface area contributed by atoms with Gasteiger partial charge in [-0.05, 0) is 32.3 Å². The number of nitrogens with two attached hydrogens (primary N) is 2. The SMILES string of the molecule is CCCCNP(=O)(OC[C@H]1C[C@@H](n2cnc3c(N)ncnc32)C[C@H]1O)O[C@@H]1C[C@H](n2cc(C)c(=O)[nH]c2=O)O[C@@H]1COP([O-])(=S)O[C@@H]1C[C@H](n2ccc(N)nc2=O)O[C@@H]1CO. The topological polar surface area (TPSA) is 333 Å². The monoisotopic (exact) mass is 912 g/mol. The maximum atomic E-state index is 14.6. The van der Waals surface area contributed by atoms with Gasteiger partial charge < -0.3 is 49.7 Å². The standard InChI is InChI=1S/C34H49N11O13P2S/c1-3-4-6-40-59(51,53-14-19-8-20(9-21(19)47)45-17-39-29-30(36)37-16-38-31(29)45)57-23-11-28(44-12-18(2)32(48)42-34(44)50)56-25(23)15-54-60(52,61)58-22-10-27(55-24(22)13-46)43-7-5-26(35)41-33(43)49/h5,7,12,16-17,19-25,27-28,46-47H,3-4,6,8-11,13-15H2,1-2H3,(H,40,51)(H,52,61)(H2,35,41,49)(H2,36,37,38)(H,42,48,50)/p-1/t19-,20-,21-,22-,23-,24-,25-,27-,28-,59?,60?/m1/s1. The fourth-order valence-corrected chi connectivity index (χ4v) is 10.7. The van der Waals surface area contributed by atoms with E-state index in [0.717, 1.165) is 15.6 Å². The second-order valence-electron chi connectivity index (χ2n) is 15.1. The van der Waals surface area contributed by atoms with Crippen LogP contribution in [-0.4, -0.2) is 106 Å². The largest absolute Gasteiger partial charge is 0.780 e. The first kappa shape index (κ1) is 45.2. The van der Waals surface area contributed by atoms with E-state index in [2.05, 4.69) is 30.0 Å². The highest BCUT2D eigenvalue weighted by Crippen LogP contribution is 2.51. The Morgan fingerprint density at radius 3 is 2.49 bits per heavy atom. The van der Waals surface area contributed by atoms with E-state index < -0.39 is 93.5 Å². The van der Waals surface area contributed by atoms with Gasteiger partial charge in [0.1, 0.15) is 55.1 Å². The number of aliphatic hydroxyl groups excluding tert-OH is 2. The van der Waals surface area contributed by atoms with Crippen molar-refractivity contribution in [1.29, 1.82) is 0 Å². The summed E-state index contributed by atoms with van der Waals surface area (Å²) in [5, 5.41) is 24.0. The van der Waals surface area contributed by atoms with Crippen LogP contribution >= 0.6 is 14.5 Å². The molecule has 24 nitrogen and oxygen atoms in total. The van der Waals surface area contributed by atoms with Crippen LogP contribution in [0.25, 0.3) is 11.2 Å². The van der Waals surface area contributed by atoms with E-state index in [1.54, 1.807) is 6.33 Å². The molecule has 4 aromatic heterocycles. The van der Waals surface area contributed by atoms with Crippen molar-refractivity contribution in [2.45, 2.75) is 101 Å². The van der Waals surface area contributed by atoms with Crippen molar-refractivity contribution in [2.75, 3.05) is 37.8 Å². The Labute approximate surface area is 352 Å². The summed E-state index contributed by atoms with van der Waals surface area (Å²) in [5.41, 5.74) is 10.6. The maximum Gasteiger partial charge on any atom is 0.405 e. The molecule has 334 valence electrons. The van der Waals surface area contributed by atoms with Crippen LogP contribution in [0.4, 0.5) is 11.6 Å². The number of hydrogen-bond donors (Lipinski definition) is 6. The summed E-state index contributed by atoms with van der Waals surface area (Å²) in [6.07, 6.45) is 0.105. The predicted octanol–water partition coefficient (Wildman–Crippen LogP) is -0.128. The van der Waals surface area contributed by atoms with Crippen molar-refractivity contribution in [3.63, 3.8) is 0 Å². The summed E-state index contributed by atoms with van der Waals surface area (Å²) in [5.74, 6) is -0.263. The van der Waals surface area contributed by atoms with Gasteiger partial charge in [-0.25, -0.2) is 34.2 Å². The van der Waals surface area contributed by atoms with Crippen LogP contribution in [0.1, 0.15) is 69.5 Å². The van der Waals surface area contributed by atoms with E-state index in [1.165, 1.54) is 31.7 Å². The van der Waals surface area contributed by atoms with Gasteiger partial charge in [0, 0.05) is 49.3 Å². The number of hydrogen-bond acceptors (Lipinski definition) is 20. The lowest BCUT2D eigenvalue weighted by atomic mass is 10.1. The quantitative estimate of drug-likeness (QED) is 0.0559. The number of nitrogens with one attached hydrogen (secondary N) is 2. The molecule has 8 N–H and O–H groups in total. The van der Waals surface area contributed by atoms with Gasteiger partial charge in [0.2, 0.25) is 0 Å². The normalized spacial score (nSPS) is 28.6. The number of ether oxygens (including phenoxy) is 2. The maximum absolute atomic E-state index is 14.6. The van der Waals surface area contributed by atoms with Crippen molar-refractivity contribution in [1.82, 2.24) is 43.7 Å². The van der Waals surface area contributed by atoms with Crippen molar-refractivity contribution in [3.05, 3.63) is 68.0 Å². The number of rotatable bonds is 18. The van der Waals surface area contributed by atoms with Gasteiger partial charge in [-0.1, -0.05) is 25.2 Å². The third kappa shape index (κ3) is 10.4. The minimum absolute atomic E-state index is 0.00261. The third-order valence-electron chi connectivity index (χ3n) is 10.8. The molecular weight excluding hydrogens is 864 g/mol. The molecular formula is C34H48N11O13P2S-. The van der Waals surface area contributed by atoms with E-state index in [1.807, 2.05) is 11.5 Å². The molecule has 61 heavy (non-hydrogen) atoms. The van der Waals surface area contributed by atoms with E-state index in [0.29, 0.717) is 30.4 Å².